The molecule has 0 aliphatic heterocycles. The fraction of sp³-hybridized carbons (Fsp3) is 0.320. The summed E-state index contributed by atoms with van der Waals surface area (Å²) in [5, 5.41) is 4.30. The molecule has 0 spiro atoms. The van der Waals surface area contributed by atoms with E-state index in [1.807, 2.05) is 26.8 Å². The van der Waals surface area contributed by atoms with Crippen LogP contribution in [0.15, 0.2) is 43.0 Å². The maximum Gasteiger partial charge on any atom is 0.272 e. The van der Waals surface area contributed by atoms with Crippen LogP contribution in [0.3, 0.4) is 0 Å². The number of amides is 1. The van der Waals surface area contributed by atoms with E-state index in [1.54, 1.807) is 0 Å². The van der Waals surface area contributed by atoms with E-state index in [2.05, 4.69) is 67.6 Å². The van der Waals surface area contributed by atoms with Gasteiger partial charge in [0.05, 0.1) is 0 Å². The summed E-state index contributed by atoms with van der Waals surface area (Å²) < 4.78 is 2.07. The molecule has 1 N–H and O–H groups in total. The number of aromatic nitrogens is 1. The average Bonchev–Trinajstić information content (AvgIpc) is 2.90. The Labute approximate surface area is 168 Å². The fourth-order valence-corrected chi connectivity index (χ4v) is 4.06. The van der Waals surface area contributed by atoms with Gasteiger partial charge in [0.15, 0.2) is 0 Å². The molecule has 146 valence electrons. The third-order valence-corrected chi connectivity index (χ3v) is 5.45. The topological polar surface area (TPSA) is 34.0 Å². The van der Waals surface area contributed by atoms with Crippen LogP contribution in [0, 0.1) is 27.7 Å². The number of allylic oxidation sites excluding steroid dienone is 1. The molecule has 3 aromatic rings. The first kappa shape index (κ1) is 19.9. The molecule has 0 bridgehead atoms. The summed E-state index contributed by atoms with van der Waals surface area (Å²) in [6.07, 6.45) is 1.84. The van der Waals surface area contributed by atoms with E-state index >= 15 is 0 Å². The molecule has 28 heavy (non-hydrogen) atoms. The second kappa shape index (κ2) is 7.67. The number of nitrogens with zero attached hydrogens (tertiary/aromatic N) is 1. The zero-order valence-electron chi connectivity index (χ0n) is 17.8. The predicted molar refractivity (Wildman–Crippen MR) is 120 cm³/mol. The molecular weight excluding hydrogens is 344 g/mol. The highest BCUT2D eigenvalue weighted by atomic mass is 16.2. The monoisotopic (exact) mass is 374 g/mol. The van der Waals surface area contributed by atoms with Crippen LogP contribution in [0.2, 0.25) is 0 Å². The van der Waals surface area contributed by atoms with Crippen LogP contribution in [0.25, 0.3) is 10.9 Å². The average molecular weight is 375 g/mol. The lowest BCUT2D eigenvalue weighted by Gasteiger charge is -2.15. The van der Waals surface area contributed by atoms with E-state index in [9.17, 15) is 4.79 Å². The van der Waals surface area contributed by atoms with Gasteiger partial charge >= 0.3 is 0 Å². The van der Waals surface area contributed by atoms with Gasteiger partial charge in [0.25, 0.3) is 5.91 Å². The Morgan fingerprint density at radius 2 is 1.75 bits per heavy atom. The summed E-state index contributed by atoms with van der Waals surface area (Å²) in [5.74, 6) is 0.374. The maximum atomic E-state index is 13.3. The molecule has 1 amide bonds. The molecule has 1 aromatic heterocycles. The van der Waals surface area contributed by atoms with Crippen molar-refractivity contribution in [2.45, 2.75) is 54.0 Å². The van der Waals surface area contributed by atoms with Crippen LogP contribution < -0.4 is 5.32 Å². The lowest BCUT2D eigenvalue weighted by Crippen LogP contribution is -2.19. The number of aryl methyl sites for hydroxylation is 4. The van der Waals surface area contributed by atoms with E-state index in [0.29, 0.717) is 18.2 Å². The Kier molecular flexibility index (Phi) is 5.46. The van der Waals surface area contributed by atoms with Gasteiger partial charge in [0.1, 0.15) is 5.69 Å². The Hall–Kier alpha value is -2.81. The standard InChI is InChI=1S/C25H30N2O/c1-8-11-27-22-10-9-20(15(2)3)14-21(22)19(7)24(27)25(28)26-23-17(5)12-16(4)13-18(23)6/h8-10,12-15H,1,11H2,2-7H3,(H,26,28). The van der Waals surface area contributed by atoms with Gasteiger partial charge in [-0.1, -0.05) is 43.7 Å². The summed E-state index contributed by atoms with van der Waals surface area (Å²) in [6.45, 7) is 17.0. The molecule has 0 saturated carbocycles. The smallest absolute Gasteiger partial charge is 0.272 e. The van der Waals surface area contributed by atoms with Crippen molar-refractivity contribution in [2.75, 3.05) is 5.32 Å². The van der Waals surface area contributed by atoms with Gasteiger partial charge in [0, 0.05) is 23.1 Å². The van der Waals surface area contributed by atoms with Gasteiger partial charge in [-0.15, -0.1) is 6.58 Å². The van der Waals surface area contributed by atoms with Crippen LogP contribution in [0.1, 0.15) is 58.1 Å². The molecule has 1 heterocycles. The number of nitrogens with one attached hydrogen (secondary N) is 1. The number of rotatable bonds is 5. The van der Waals surface area contributed by atoms with Crippen LogP contribution in [-0.4, -0.2) is 10.5 Å². The molecule has 0 unspecified atom stereocenters. The molecule has 2 aromatic carbocycles. The molecule has 0 fully saturated rings. The number of carbonyl (C=O) groups is 1. The van der Waals surface area contributed by atoms with Crippen molar-refractivity contribution in [1.29, 1.82) is 0 Å². The Morgan fingerprint density at radius 1 is 1.11 bits per heavy atom. The number of hydrogen-bond donors (Lipinski definition) is 1. The first-order chi connectivity index (χ1) is 13.2. The maximum absolute atomic E-state index is 13.3. The van der Waals surface area contributed by atoms with Crippen molar-refractivity contribution < 1.29 is 4.79 Å². The fourth-order valence-electron chi connectivity index (χ4n) is 4.06. The normalized spacial score (nSPS) is 11.2. The largest absolute Gasteiger partial charge is 0.332 e. The highest BCUT2D eigenvalue weighted by molar-refractivity contribution is 6.09. The first-order valence-electron chi connectivity index (χ1n) is 9.87. The zero-order valence-corrected chi connectivity index (χ0v) is 17.8. The van der Waals surface area contributed by atoms with Crippen molar-refractivity contribution >= 4 is 22.5 Å². The molecule has 3 rings (SSSR count). The first-order valence-corrected chi connectivity index (χ1v) is 9.87. The number of carbonyl (C=O) groups excluding carboxylic acids is 1. The summed E-state index contributed by atoms with van der Waals surface area (Å²) in [4.78, 5) is 13.3. The van der Waals surface area contributed by atoms with Crippen molar-refractivity contribution in [2.24, 2.45) is 0 Å². The molecular formula is C25H30N2O. The number of anilines is 1. The quantitative estimate of drug-likeness (QED) is 0.513. The second-order valence-corrected chi connectivity index (χ2v) is 8.03. The lowest BCUT2D eigenvalue weighted by atomic mass is 10.0. The molecule has 0 radical (unpaired) electrons. The van der Waals surface area contributed by atoms with Crippen molar-refractivity contribution in [3.63, 3.8) is 0 Å². The van der Waals surface area contributed by atoms with E-state index in [0.717, 1.165) is 33.3 Å². The van der Waals surface area contributed by atoms with Crippen LogP contribution in [0.4, 0.5) is 5.69 Å². The predicted octanol–water partition coefficient (Wildman–Crippen LogP) is 6.44. The summed E-state index contributed by atoms with van der Waals surface area (Å²) in [7, 11) is 0. The molecule has 0 atom stereocenters. The van der Waals surface area contributed by atoms with Gasteiger partial charge in [0.2, 0.25) is 0 Å². The minimum Gasteiger partial charge on any atom is -0.332 e. The van der Waals surface area contributed by atoms with Gasteiger partial charge in [-0.3, -0.25) is 4.79 Å². The molecule has 0 saturated heterocycles. The van der Waals surface area contributed by atoms with Crippen molar-refractivity contribution in [3.8, 4) is 0 Å². The Balaban J connectivity index is 2.13. The Bertz CT molecular complexity index is 1050. The summed E-state index contributed by atoms with van der Waals surface area (Å²) in [6, 6.07) is 10.7. The lowest BCUT2D eigenvalue weighted by molar-refractivity contribution is 0.101. The molecule has 0 aliphatic carbocycles. The van der Waals surface area contributed by atoms with Crippen molar-refractivity contribution in [3.05, 3.63) is 76.5 Å². The minimum atomic E-state index is -0.0725. The minimum absolute atomic E-state index is 0.0725. The van der Waals surface area contributed by atoms with Crippen LogP contribution in [0.5, 0.6) is 0 Å². The highest BCUT2D eigenvalue weighted by Crippen LogP contribution is 2.30. The Morgan fingerprint density at radius 3 is 2.32 bits per heavy atom. The van der Waals surface area contributed by atoms with E-state index in [-0.39, 0.29) is 5.91 Å². The summed E-state index contributed by atoms with van der Waals surface area (Å²) in [5.41, 5.74) is 8.33. The third kappa shape index (κ3) is 3.49. The van der Waals surface area contributed by atoms with Gasteiger partial charge in [-0.05, 0) is 68.0 Å². The number of hydrogen-bond acceptors (Lipinski definition) is 1. The highest BCUT2D eigenvalue weighted by Gasteiger charge is 2.21. The third-order valence-electron chi connectivity index (χ3n) is 5.45. The van der Waals surface area contributed by atoms with Gasteiger partial charge in [-0.2, -0.15) is 0 Å². The second-order valence-electron chi connectivity index (χ2n) is 8.03. The molecule has 0 aliphatic rings. The molecule has 3 heteroatoms. The van der Waals surface area contributed by atoms with Crippen LogP contribution in [-0.2, 0) is 6.54 Å². The zero-order chi connectivity index (χ0) is 20.6. The van der Waals surface area contributed by atoms with Crippen LogP contribution >= 0.6 is 0 Å². The molecule has 3 nitrogen and oxygen atoms in total. The summed E-state index contributed by atoms with van der Waals surface area (Å²) >= 11 is 0. The van der Waals surface area contributed by atoms with Gasteiger partial charge < -0.3 is 9.88 Å². The van der Waals surface area contributed by atoms with E-state index in [4.69, 9.17) is 0 Å². The van der Waals surface area contributed by atoms with E-state index < -0.39 is 0 Å². The SMILES string of the molecule is C=CCn1c(C(=O)Nc2c(C)cc(C)cc2C)c(C)c2cc(C(C)C)ccc21. The van der Waals surface area contributed by atoms with Crippen molar-refractivity contribution in [1.82, 2.24) is 4.57 Å². The number of fused-ring (bicyclic) bond motifs is 1. The van der Waals surface area contributed by atoms with E-state index in [1.165, 1.54) is 11.1 Å². The van der Waals surface area contributed by atoms with Gasteiger partial charge in [-0.25, -0.2) is 0 Å². The number of benzene rings is 2.